The number of fused-ring (bicyclic) bond motifs is 1. The summed E-state index contributed by atoms with van der Waals surface area (Å²) < 4.78 is 0. The molecule has 1 atom stereocenters. The van der Waals surface area contributed by atoms with Gasteiger partial charge in [0.2, 0.25) is 0 Å². The van der Waals surface area contributed by atoms with Crippen LogP contribution in [0.1, 0.15) is 47.1 Å². The number of hydrogen-bond acceptors (Lipinski definition) is 4. The molecule has 7 heteroatoms. The Balaban J connectivity index is 0.00000208. The van der Waals surface area contributed by atoms with Gasteiger partial charge in [0.1, 0.15) is 0 Å². The molecule has 0 aromatic carbocycles. The first-order valence-corrected chi connectivity index (χ1v) is 8.11. The van der Waals surface area contributed by atoms with Crippen LogP contribution in [0.15, 0.2) is 24.5 Å². The van der Waals surface area contributed by atoms with E-state index >= 15 is 0 Å². The average Bonchev–Trinajstić information content (AvgIpc) is 2.99. The second-order valence-electron chi connectivity index (χ2n) is 6.30. The predicted octanol–water partition coefficient (Wildman–Crippen LogP) is 2.04. The first-order valence-electron chi connectivity index (χ1n) is 8.11. The fourth-order valence-electron chi connectivity index (χ4n) is 3.03. The topological polar surface area (TPSA) is 82.7 Å². The highest BCUT2D eigenvalue weighted by Crippen LogP contribution is 2.23. The number of nitrogens with zero attached hydrogens (tertiary/aromatic N) is 2. The Morgan fingerprint density at radius 3 is 2.96 bits per heavy atom. The molecule has 24 heavy (non-hydrogen) atoms. The second-order valence-corrected chi connectivity index (χ2v) is 6.30. The monoisotopic (exact) mass is 349 g/mol. The standard InChI is InChI=1S/C17H23N5O.ClH/c1-11(2)13(12-4-3-6-18-8-12)10-20-17(23)16-14-9-19-7-5-15(14)21-22-16;/h3-4,6,8,11,13,19H,5,7,9-10H2,1-2H3,(H,20,23)(H,21,22);1H. The summed E-state index contributed by atoms with van der Waals surface area (Å²) in [6, 6.07) is 3.99. The molecule has 0 spiro atoms. The summed E-state index contributed by atoms with van der Waals surface area (Å²) >= 11 is 0. The third-order valence-electron chi connectivity index (χ3n) is 4.42. The van der Waals surface area contributed by atoms with E-state index < -0.39 is 0 Å². The van der Waals surface area contributed by atoms with Crippen LogP contribution >= 0.6 is 12.4 Å². The van der Waals surface area contributed by atoms with Crippen molar-refractivity contribution in [1.82, 2.24) is 25.8 Å². The first kappa shape index (κ1) is 18.4. The molecule has 1 aliphatic rings. The molecule has 1 amide bonds. The Labute approximate surface area is 148 Å². The maximum absolute atomic E-state index is 12.5. The fraction of sp³-hybridized carbons (Fsp3) is 0.471. The van der Waals surface area contributed by atoms with Crippen molar-refractivity contribution in [3.05, 3.63) is 47.0 Å². The molecule has 6 nitrogen and oxygen atoms in total. The Morgan fingerprint density at radius 2 is 2.25 bits per heavy atom. The van der Waals surface area contributed by atoms with E-state index in [1.165, 1.54) is 0 Å². The SMILES string of the molecule is CC(C)C(CNC(=O)c1n[nH]c2c1CNCC2)c1cccnc1.Cl. The van der Waals surface area contributed by atoms with E-state index in [9.17, 15) is 4.79 Å². The molecule has 0 radical (unpaired) electrons. The largest absolute Gasteiger partial charge is 0.350 e. The van der Waals surface area contributed by atoms with Crippen LogP contribution in [0, 0.1) is 5.92 Å². The van der Waals surface area contributed by atoms with E-state index in [0.717, 1.165) is 29.8 Å². The van der Waals surface area contributed by atoms with E-state index in [2.05, 4.69) is 45.7 Å². The van der Waals surface area contributed by atoms with Crippen LogP contribution in [-0.2, 0) is 13.0 Å². The zero-order valence-corrected chi connectivity index (χ0v) is 14.8. The van der Waals surface area contributed by atoms with Gasteiger partial charge in [-0.25, -0.2) is 0 Å². The Morgan fingerprint density at radius 1 is 1.42 bits per heavy atom. The van der Waals surface area contributed by atoms with Gasteiger partial charge >= 0.3 is 0 Å². The third kappa shape index (κ3) is 3.94. The molecule has 1 aliphatic heterocycles. The van der Waals surface area contributed by atoms with Gasteiger partial charge in [0.25, 0.3) is 5.91 Å². The molecule has 0 bridgehead atoms. The van der Waals surface area contributed by atoms with Crippen LogP contribution in [0.3, 0.4) is 0 Å². The van der Waals surface area contributed by atoms with Gasteiger partial charge in [-0.1, -0.05) is 19.9 Å². The lowest BCUT2D eigenvalue weighted by Gasteiger charge is -2.21. The highest BCUT2D eigenvalue weighted by atomic mass is 35.5. The van der Waals surface area contributed by atoms with Crippen molar-refractivity contribution in [2.45, 2.75) is 32.7 Å². The Bertz CT molecular complexity index is 671. The molecule has 0 fully saturated rings. The van der Waals surface area contributed by atoms with Gasteiger partial charge in [-0.05, 0) is 17.5 Å². The van der Waals surface area contributed by atoms with E-state index in [1.54, 1.807) is 6.20 Å². The third-order valence-corrected chi connectivity index (χ3v) is 4.42. The maximum atomic E-state index is 12.5. The van der Waals surface area contributed by atoms with Gasteiger partial charge in [-0.2, -0.15) is 5.10 Å². The predicted molar refractivity (Wildman–Crippen MR) is 95.4 cm³/mol. The van der Waals surface area contributed by atoms with Crippen molar-refractivity contribution in [1.29, 1.82) is 0 Å². The van der Waals surface area contributed by atoms with Crippen molar-refractivity contribution in [2.24, 2.45) is 5.92 Å². The van der Waals surface area contributed by atoms with E-state index in [0.29, 0.717) is 24.7 Å². The summed E-state index contributed by atoms with van der Waals surface area (Å²) in [6.07, 6.45) is 4.53. The highest BCUT2D eigenvalue weighted by molar-refractivity contribution is 5.94. The normalized spacial score (nSPS) is 14.6. The molecule has 130 valence electrons. The molecular weight excluding hydrogens is 326 g/mol. The summed E-state index contributed by atoms with van der Waals surface area (Å²) in [5, 5.41) is 13.5. The quantitative estimate of drug-likeness (QED) is 0.771. The molecule has 0 saturated heterocycles. The lowest BCUT2D eigenvalue weighted by molar-refractivity contribution is 0.0943. The minimum atomic E-state index is -0.110. The van der Waals surface area contributed by atoms with Crippen molar-refractivity contribution < 1.29 is 4.79 Å². The minimum absolute atomic E-state index is 0. The number of pyridine rings is 1. The molecule has 3 rings (SSSR count). The molecule has 3 N–H and O–H groups in total. The number of aromatic nitrogens is 3. The fourth-order valence-corrected chi connectivity index (χ4v) is 3.03. The van der Waals surface area contributed by atoms with Gasteiger partial charge in [0, 0.05) is 55.6 Å². The van der Waals surface area contributed by atoms with Crippen LogP contribution in [-0.4, -0.2) is 34.2 Å². The second kappa shape index (κ2) is 8.26. The summed E-state index contributed by atoms with van der Waals surface area (Å²) in [5.74, 6) is 0.538. The summed E-state index contributed by atoms with van der Waals surface area (Å²) in [7, 11) is 0. The lowest BCUT2D eigenvalue weighted by Crippen LogP contribution is -2.32. The van der Waals surface area contributed by atoms with Crippen LogP contribution in [0.25, 0.3) is 0 Å². The van der Waals surface area contributed by atoms with Crippen molar-refractivity contribution in [3.63, 3.8) is 0 Å². The van der Waals surface area contributed by atoms with Crippen LogP contribution in [0.2, 0.25) is 0 Å². The molecular formula is C17H24ClN5O. The van der Waals surface area contributed by atoms with E-state index in [4.69, 9.17) is 0 Å². The summed E-state index contributed by atoms with van der Waals surface area (Å²) in [6.45, 7) is 6.52. The number of amides is 1. The summed E-state index contributed by atoms with van der Waals surface area (Å²) in [5.41, 5.74) is 3.73. The van der Waals surface area contributed by atoms with Crippen molar-refractivity contribution >= 4 is 18.3 Å². The number of rotatable bonds is 5. The van der Waals surface area contributed by atoms with Gasteiger partial charge < -0.3 is 10.6 Å². The number of H-pyrrole nitrogens is 1. The number of nitrogens with one attached hydrogen (secondary N) is 3. The van der Waals surface area contributed by atoms with Crippen molar-refractivity contribution in [3.8, 4) is 0 Å². The number of halogens is 1. The molecule has 1 unspecified atom stereocenters. The van der Waals surface area contributed by atoms with Gasteiger partial charge in [-0.3, -0.25) is 14.9 Å². The van der Waals surface area contributed by atoms with Gasteiger partial charge in [-0.15, -0.1) is 12.4 Å². The Hall–Kier alpha value is -1.92. The first-order chi connectivity index (χ1) is 11.2. The number of carbonyl (C=O) groups excluding carboxylic acids is 1. The molecule has 2 aromatic rings. The molecule has 0 aliphatic carbocycles. The zero-order chi connectivity index (χ0) is 16.2. The van der Waals surface area contributed by atoms with Crippen molar-refractivity contribution in [2.75, 3.05) is 13.1 Å². The minimum Gasteiger partial charge on any atom is -0.350 e. The number of carbonyl (C=O) groups is 1. The Kier molecular flexibility index (Phi) is 6.34. The lowest BCUT2D eigenvalue weighted by atomic mass is 9.89. The zero-order valence-electron chi connectivity index (χ0n) is 14.0. The molecule has 3 heterocycles. The molecule has 0 saturated carbocycles. The number of aromatic amines is 1. The van der Waals surface area contributed by atoms with Crippen LogP contribution in [0.4, 0.5) is 0 Å². The average molecular weight is 350 g/mol. The summed E-state index contributed by atoms with van der Waals surface area (Å²) in [4.78, 5) is 16.7. The smallest absolute Gasteiger partial charge is 0.272 e. The van der Waals surface area contributed by atoms with Gasteiger partial charge in [0.15, 0.2) is 5.69 Å². The highest BCUT2D eigenvalue weighted by Gasteiger charge is 2.23. The number of hydrogen-bond donors (Lipinski definition) is 3. The van der Waals surface area contributed by atoms with Gasteiger partial charge in [0.05, 0.1) is 0 Å². The maximum Gasteiger partial charge on any atom is 0.272 e. The van der Waals surface area contributed by atoms with E-state index in [1.807, 2.05) is 12.3 Å². The van der Waals surface area contributed by atoms with Crippen LogP contribution in [0.5, 0.6) is 0 Å². The van der Waals surface area contributed by atoms with Crippen LogP contribution < -0.4 is 10.6 Å². The van der Waals surface area contributed by atoms with E-state index in [-0.39, 0.29) is 24.2 Å². The molecule has 2 aromatic heterocycles.